The van der Waals surface area contributed by atoms with E-state index in [1.54, 1.807) is 12.7 Å². The van der Waals surface area contributed by atoms with Gasteiger partial charge in [0.05, 0.1) is 0 Å². The standard InChI is InChI=1S/C17H22N4OS/c1-14-3-2-4-16(11-14)23-15-5-9-21(10-6-15)17(22)7-8-20-12-18-19-13-20/h2-4,11-13,15H,5-10H2,1H3. The number of benzene rings is 1. The minimum absolute atomic E-state index is 0.234. The number of aromatic nitrogens is 3. The number of piperidine rings is 1. The Morgan fingerprint density at radius 2 is 2.00 bits per heavy atom. The second-order valence-electron chi connectivity index (χ2n) is 5.96. The van der Waals surface area contributed by atoms with Crippen LogP contribution in [0.5, 0.6) is 0 Å². The Morgan fingerprint density at radius 3 is 2.70 bits per heavy atom. The molecule has 0 N–H and O–H groups in total. The summed E-state index contributed by atoms with van der Waals surface area (Å²) in [6.45, 7) is 4.51. The van der Waals surface area contributed by atoms with Gasteiger partial charge in [-0.15, -0.1) is 22.0 Å². The van der Waals surface area contributed by atoms with E-state index in [4.69, 9.17) is 0 Å². The molecule has 5 nitrogen and oxygen atoms in total. The number of carbonyl (C=O) groups is 1. The zero-order valence-corrected chi connectivity index (χ0v) is 14.2. The van der Waals surface area contributed by atoms with Crippen molar-refractivity contribution in [2.75, 3.05) is 13.1 Å². The summed E-state index contributed by atoms with van der Waals surface area (Å²) in [6, 6.07) is 8.65. The van der Waals surface area contributed by atoms with Crippen molar-refractivity contribution in [3.05, 3.63) is 42.5 Å². The predicted molar refractivity (Wildman–Crippen MR) is 91.3 cm³/mol. The van der Waals surface area contributed by atoms with Gasteiger partial charge in [-0.1, -0.05) is 17.7 Å². The molecular formula is C17H22N4OS. The third-order valence-electron chi connectivity index (χ3n) is 4.14. The number of rotatable bonds is 5. The molecule has 23 heavy (non-hydrogen) atoms. The molecule has 1 aromatic carbocycles. The van der Waals surface area contributed by atoms with Crippen molar-refractivity contribution in [2.45, 2.75) is 42.9 Å². The van der Waals surface area contributed by atoms with Gasteiger partial charge in [-0.2, -0.15) is 0 Å². The zero-order chi connectivity index (χ0) is 16.1. The lowest BCUT2D eigenvalue weighted by molar-refractivity contribution is -0.132. The molecule has 0 unspecified atom stereocenters. The normalized spacial score (nSPS) is 15.8. The molecule has 2 heterocycles. The smallest absolute Gasteiger partial charge is 0.224 e. The molecule has 1 saturated heterocycles. The minimum Gasteiger partial charge on any atom is -0.343 e. The number of hydrogen-bond donors (Lipinski definition) is 0. The Hall–Kier alpha value is -1.82. The van der Waals surface area contributed by atoms with E-state index in [0.29, 0.717) is 18.2 Å². The summed E-state index contributed by atoms with van der Waals surface area (Å²) in [5.41, 5.74) is 1.30. The van der Waals surface area contributed by atoms with Crippen molar-refractivity contribution >= 4 is 17.7 Å². The highest BCUT2D eigenvalue weighted by Crippen LogP contribution is 2.30. The molecule has 1 amide bonds. The van der Waals surface area contributed by atoms with Crippen molar-refractivity contribution in [3.63, 3.8) is 0 Å². The molecule has 1 aromatic heterocycles. The predicted octanol–water partition coefficient (Wildman–Crippen LogP) is 2.76. The van der Waals surface area contributed by atoms with E-state index >= 15 is 0 Å². The molecule has 2 aromatic rings. The molecule has 0 bridgehead atoms. The van der Waals surface area contributed by atoms with Crippen LogP contribution in [-0.2, 0) is 11.3 Å². The molecular weight excluding hydrogens is 308 g/mol. The Kier molecular flexibility index (Phi) is 5.33. The summed E-state index contributed by atoms with van der Waals surface area (Å²) < 4.78 is 1.85. The van der Waals surface area contributed by atoms with Crippen molar-refractivity contribution < 1.29 is 4.79 Å². The Labute approximate surface area is 141 Å². The number of hydrogen-bond acceptors (Lipinski definition) is 4. The van der Waals surface area contributed by atoms with Crippen LogP contribution in [0.1, 0.15) is 24.8 Å². The molecule has 1 aliphatic heterocycles. The van der Waals surface area contributed by atoms with Crippen LogP contribution in [0.15, 0.2) is 41.8 Å². The lowest BCUT2D eigenvalue weighted by Gasteiger charge is -2.31. The topological polar surface area (TPSA) is 51.0 Å². The van der Waals surface area contributed by atoms with Gasteiger partial charge in [0.2, 0.25) is 5.91 Å². The fourth-order valence-corrected chi connectivity index (χ4v) is 4.07. The maximum atomic E-state index is 12.3. The highest BCUT2D eigenvalue weighted by molar-refractivity contribution is 8.00. The minimum atomic E-state index is 0.234. The summed E-state index contributed by atoms with van der Waals surface area (Å²) >= 11 is 1.95. The third kappa shape index (κ3) is 4.58. The van der Waals surface area contributed by atoms with Gasteiger partial charge in [-0.25, -0.2) is 0 Å². The van der Waals surface area contributed by atoms with Crippen molar-refractivity contribution in [3.8, 4) is 0 Å². The van der Waals surface area contributed by atoms with Gasteiger partial charge >= 0.3 is 0 Å². The van der Waals surface area contributed by atoms with Crippen LogP contribution in [0.2, 0.25) is 0 Å². The van der Waals surface area contributed by atoms with Gasteiger partial charge < -0.3 is 9.47 Å². The largest absolute Gasteiger partial charge is 0.343 e. The molecule has 0 saturated carbocycles. The number of nitrogens with zero attached hydrogens (tertiary/aromatic N) is 4. The number of carbonyl (C=O) groups excluding carboxylic acids is 1. The van der Waals surface area contributed by atoms with Crippen LogP contribution < -0.4 is 0 Å². The van der Waals surface area contributed by atoms with Gasteiger partial charge in [0, 0.05) is 36.2 Å². The van der Waals surface area contributed by atoms with E-state index in [1.165, 1.54) is 10.5 Å². The highest BCUT2D eigenvalue weighted by atomic mass is 32.2. The second kappa shape index (κ2) is 7.64. The molecule has 122 valence electrons. The first-order valence-electron chi connectivity index (χ1n) is 8.04. The maximum absolute atomic E-state index is 12.3. The van der Waals surface area contributed by atoms with E-state index < -0.39 is 0 Å². The number of amides is 1. The molecule has 1 fully saturated rings. The first kappa shape index (κ1) is 16.1. The number of aryl methyl sites for hydroxylation is 2. The van der Waals surface area contributed by atoms with Gasteiger partial charge in [0.1, 0.15) is 12.7 Å². The summed E-state index contributed by atoms with van der Waals surface area (Å²) in [6.07, 6.45) is 5.96. The maximum Gasteiger partial charge on any atom is 0.224 e. The van der Waals surface area contributed by atoms with E-state index in [9.17, 15) is 4.79 Å². The van der Waals surface area contributed by atoms with Gasteiger partial charge in [-0.3, -0.25) is 4.79 Å². The molecule has 0 radical (unpaired) electrons. The van der Waals surface area contributed by atoms with E-state index in [-0.39, 0.29) is 5.91 Å². The zero-order valence-electron chi connectivity index (χ0n) is 13.4. The van der Waals surface area contributed by atoms with E-state index in [2.05, 4.69) is 41.4 Å². The van der Waals surface area contributed by atoms with Gasteiger partial charge in [-0.05, 0) is 31.9 Å². The fourth-order valence-electron chi connectivity index (χ4n) is 2.82. The quantitative estimate of drug-likeness (QED) is 0.846. The number of thioether (sulfide) groups is 1. The molecule has 0 aliphatic carbocycles. The monoisotopic (exact) mass is 330 g/mol. The van der Waals surface area contributed by atoms with Crippen LogP contribution in [0.25, 0.3) is 0 Å². The summed E-state index contributed by atoms with van der Waals surface area (Å²) in [5, 5.41) is 8.12. The lowest BCUT2D eigenvalue weighted by Crippen LogP contribution is -2.39. The summed E-state index contributed by atoms with van der Waals surface area (Å²) in [4.78, 5) is 15.6. The van der Waals surface area contributed by atoms with Crippen molar-refractivity contribution in [2.24, 2.45) is 0 Å². The third-order valence-corrected chi connectivity index (χ3v) is 5.47. The van der Waals surface area contributed by atoms with Gasteiger partial charge in [0.25, 0.3) is 0 Å². The summed E-state index contributed by atoms with van der Waals surface area (Å²) in [7, 11) is 0. The molecule has 1 aliphatic rings. The van der Waals surface area contributed by atoms with E-state index in [0.717, 1.165) is 25.9 Å². The Morgan fingerprint density at radius 1 is 1.26 bits per heavy atom. The second-order valence-corrected chi connectivity index (χ2v) is 7.34. The van der Waals surface area contributed by atoms with E-state index in [1.807, 2.05) is 21.2 Å². The van der Waals surface area contributed by atoms with Crippen LogP contribution in [0.3, 0.4) is 0 Å². The molecule has 6 heteroatoms. The highest BCUT2D eigenvalue weighted by Gasteiger charge is 2.23. The SMILES string of the molecule is Cc1cccc(SC2CCN(C(=O)CCn3cnnc3)CC2)c1. The van der Waals surface area contributed by atoms with Gasteiger partial charge in [0.15, 0.2) is 0 Å². The molecule has 3 rings (SSSR count). The average Bonchev–Trinajstić information content (AvgIpc) is 3.07. The van der Waals surface area contributed by atoms with Crippen LogP contribution in [0, 0.1) is 6.92 Å². The molecule has 0 spiro atoms. The van der Waals surface area contributed by atoms with Crippen LogP contribution in [-0.4, -0.2) is 43.9 Å². The summed E-state index contributed by atoms with van der Waals surface area (Å²) in [5.74, 6) is 0.234. The van der Waals surface area contributed by atoms with Crippen molar-refractivity contribution in [1.29, 1.82) is 0 Å². The Balaban J connectivity index is 1.43. The average molecular weight is 330 g/mol. The fraction of sp³-hybridized carbons (Fsp3) is 0.471. The first-order chi connectivity index (χ1) is 11.2. The first-order valence-corrected chi connectivity index (χ1v) is 8.92. The van der Waals surface area contributed by atoms with Crippen molar-refractivity contribution in [1.82, 2.24) is 19.7 Å². The van der Waals surface area contributed by atoms with Crippen LogP contribution >= 0.6 is 11.8 Å². The molecule has 0 atom stereocenters. The Bertz CT molecular complexity index is 636. The number of likely N-dealkylation sites (tertiary alicyclic amines) is 1. The van der Waals surface area contributed by atoms with Crippen LogP contribution in [0.4, 0.5) is 0 Å². The lowest BCUT2D eigenvalue weighted by atomic mass is 10.1.